The van der Waals surface area contributed by atoms with Crippen molar-refractivity contribution in [2.24, 2.45) is 5.41 Å². The lowest BCUT2D eigenvalue weighted by molar-refractivity contribution is 0.0714. The van der Waals surface area contributed by atoms with Crippen molar-refractivity contribution in [2.75, 3.05) is 20.2 Å². The van der Waals surface area contributed by atoms with E-state index < -0.39 is 0 Å². The Bertz CT molecular complexity index is 511. The van der Waals surface area contributed by atoms with Crippen LogP contribution in [0.4, 0.5) is 0 Å². The molecule has 0 bridgehead atoms. The van der Waals surface area contributed by atoms with Gasteiger partial charge in [-0.05, 0) is 56.8 Å². The molecule has 1 N–H and O–H groups in total. The van der Waals surface area contributed by atoms with Crippen LogP contribution in [0.2, 0.25) is 0 Å². The first-order valence-electron chi connectivity index (χ1n) is 7.95. The monoisotopic (exact) mass is 289 g/mol. The van der Waals surface area contributed by atoms with E-state index in [4.69, 9.17) is 4.74 Å². The Hall–Kier alpha value is -1.35. The van der Waals surface area contributed by atoms with Crippen molar-refractivity contribution in [2.45, 2.75) is 46.5 Å². The van der Waals surface area contributed by atoms with Crippen LogP contribution in [0.15, 0.2) is 12.1 Å². The quantitative estimate of drug-likeness (QED) is 0.841. The molecule has 3 nitrogen and oxygen atoms in total. The molecule has 1 aromatic carbocycles. The minimum absolute atomic E-state index is 0.255. The van der Waals surface area contributed by atoms with Crippen molar-refractivity contribution in [3.8, 4) is 5.75 Å². The van der Waals surface area contributed by atoms with Gasteiger partial charge in [0.05, 0.1) is 12.7 Å². The van der Waals surface area contributed by atoms with Gasteiger partial charge in [0.1, 0.15) is 5.75 Å². The first-order valence-corrected chi connectivity index (χ1v) is 7.95. The number of hydrogen-bond acceptors (Lipinski definition) is 3. The van der Waals surface area contributed by atoms with Gasteiger partial charge in [-0.2, -0.15) is 0 Å². The van der Waals surface area contributed by atoms with E-state index >= 15 is 0 Å². The molecule has 1 unspecified atom stereocenters. The third kappa shape index (κ3) is 3.13. The Morgan fingerprint density at radius 3 is 2.71 bits per heavy atom. The lowest BCUT2D eigenvalue weighted by atomic mass is 9.71. The molecular weight excluding hydrogens is 262 g/mol. The number of piperidine rings is 1. The number of ketones is 1. The highest BCUT2D eigenvalue weighted by atomic mass is 16.5. The molecule has 1 aliphatic heterocycles. The zero-order valence-corrected chi connectivity index (χ0v) is 13.7. The van der Waals surface area contributed by atoms with Crippen LogP contribution in [-0.2, 0) is 0 Å². The minimum Gasteiger partial charge on any atom is -0.496 e. The Balaban J connectivity index is 2.46. The van der Waals surface area contributed by atoms with Crippen molar-refractivity contribution in [1.82, 2.24) is 5.32 Å². The average Bonchev–Trinajstić information content (AvgIpc) is 2.47. The molecular formula is C18H27NO2. The Labute approximate surface area is 128 Å². The summed E-state index contributed by atoms with van der Waals surface area (Å²) in [6, 6.07) is 4.04. The van der Waals surface area contributed by atoms with E-state index in [0.29, 0.717) is 0 Å². The van der Waals surface area contributed by atoms with Crippen molar-refractivity contribution >= 4 is 5.78 Å². The zero-order chi connectivity index (χ0) is 15.5. The van der Waals surface area contributed by atoms with Gasteiger partial charge in [0, 0.05) is 12.0 Å². The average molecular weight is 289 g/mol. The van der Waals surface area contributed by atoms with E-state index in [1.807, 2.05) is 19.9 Å². The van der Waals surface area contributed by atoms with Gasteiger partial charge in [-0.15, -0.1) is 0 Å². The number of rotatable bonds is 5. The van der Waals surface area contributed by atoms with Crippen LogP contribution >= 0.6 is 0 Å². The topological polar surface area (TPSA) is 38.3 Å². The van der Waals surface area contributed by atoms with Gasteiger partial charge in [-0.25, -0.2) is 0 Å². The van der Waals surface area contributed by atoms with E-state index in [9.17, 15) is 4.79 Å². The summed E-state index contributed by atoms with van der Waals surface area (Å²) in [6.07, 6.45) is 4.01. The molecule has 2 rings (SSSR count). The number of ether oxygens (including phenoxy) is 1. The normalized spacial score (nSPS) is 22.1. The first-order chi connectivity index (χ1) is 10.0. The van der Waals surface area contributed by atoms with Crippen molar-refractivity contribution in [3.05, 3.63) is 28.8 Å². The molecule has 0 aromatic heterocycles. The molecule has 1 saturated heterocycles. The third-order valence-electron chi connectivity index (χ3n) is 4.57. The highest BCUT2D eigenvalue weighted by molar-refractivity contribution is 6.04. The number of carbonyl (C=O) groups excluding carboxylic acids is 1. The van der Waals surface area contributed by atoms with Crippen molar-refractivity contribution in [1.29, 1.82) is 0 Å². The van der Waals surface area contributed by atoms with Gasteiger partial charge >= 0.3 is 0 Å². The fourth-order valence-electron chi connectivity index (χ4n) is 3.61. The molecule has 0 aliphatic carbocycles. The summed E-state index contributed by atoms with van der Waals surface area (Å²) in [4.78, 5) is 13.3. The maximum Gasteiger partial charge on any atom is 0.174 e. The second-order valence-corrected chi connectivity index (χ2v) is 6.30. The molecule has 1 heterocycles. The van der Waals surface area contributed by atoms with E-state index in [0.717, 1.165) is 61.2 Å². The molecule has 1 fully saturated rings. The zero-order valence-electron chi connectivity index (χ0n) is 13.7. The summed E-state index contributed by atoms with van der Waals surface area (Å²) in [5.41, 5.74) is 2.67. The SMILES string of the molecule is CCCC1(C(=O)c2c(C)cc(C)cc2OC)CCCNC1. The van der Waals surface area contributed by atoms with Crippen LogP contribution in [0.1, 0.15) is 54.1 Å². The van der Waals surface area contributed by atoms with E-state index in [2.05, 4.69) is 18.3 Å². The molecule has 21 heavy (non-hydrogen) atoms. The predicted molar refractivity (Wildman–Crippen MR) is 86.2 cm³/mol. The smallest absolute Gasteiger partial charge is 0.174 e. The predicted octanol–water partition coefficient (Wildman–Crippen LogP) is 3.66. The van der Waals surface area contributed by atoms with Crippen LogP contribution in [0.3, 0.4) is 0 Å². The van der Waals surface area contributed by atoms with Crippen LogP contribution < -0.4 is 10.1 Å². The lowest BCUT2D eigenvalue weighted by Gasteiger charge is -2.37. The molecule has 1 aliphatic rings. The second kappa shape index (κ2) is 6.61. The number of nitrogens with one attached hydrogen (secondary N) is 1. The highest BCUT2D eigenvalue weighted by Gasteiger charge is 2.40. The molecule has 0 spiro atoms. The van der Waals surface area contributed by atoms with Gasteiger partial charge < -0.3 is 10.1 Å². The van der Waals surface area contributed by atoms with Crippen LogP contribution in [0.25, 0.3) is 0 Å². The summed E-state index contributed by atoms with van der Waals surface area (Å²) in [5.74, 6) is 0.976. The molecule has 1 atom stereocenters. The van der Waals surface area contributed by atoms with Crippen LogP contribution in [0.5, 0.6) is 5.75 Å². The van der Waals surface area contributed by atoms with Gasteiger partial charge in [0.25, 0.3) is 0 Å². The largest absolute Gasteiger partial charge is 0.496 e. The molecule has 116 valence electrons. The number of Topliss-reactive ketones (excluding diaryl/α,β-unsaturated/α-hetero) is 1. The maximum absolute atomic E-state index is 13.3. The first kappa shape index (κ1) is 16.0. The molecule has 3 heteroatoms. The lowest BCUT2D eigenvalue weighted by Crippen LogP contribution is -2.45. The fraction of sp³-hybridized carbons (Fsp3) is 0.611. The number of carbonyl (C=O) groups is 1. The van der Waals surface area contributed by atoms with Gasteiger partial charge in [-0.3, -0.25) is 4.79 Å². The number of hydrogen-bond donors (Lipinski definition) is 1. The summed E-state index contributed by atoms with van der Waals surface area (Å²) < 4.78 is 5.50. The van der Waals surface area contributed by atoms with E-state index in [1.54, 1.807) is 7.11 Å². The fourth-order valence-corrected chi connectivity index (χ4v) is 3.61. The molecule has 0 radical (unpaired) electrons. The van der Waals surface area contributed by atoms with Crippen molar-refractivity contribution < 1.29 is 9.53 Å². The van der Waals surface area contributed by atoms with Crippen LogP contribution in [-0.4, -0.2) is 26.0 Å². The van der Waals surface area contributed by atoms with Gasteiger partial charge in [0.15, 0.2) is 5.78 Å². The Morgan fingerprint density at radius 1 is 1.38 bits per heavy atom. The minimum atomic E-state index is -0.264. The van der Waals surface area contributed by atoms with E-state index in [1.165, 1.54) is 0 Å². The molecule has 0 saturated carbocycles. The van der Waals surface area contributed by atoms with Gasteiger partial charge in [-0.1, -0.05) is 19.4 Å². The summed E-state index contributed by atoms with van der Waals surface area (Å²) >= 11 is 0. The summed E-state index contributed by atoms with van der Waals surface area (Å²) in [7, 11) is 1.65. The standard InChI is InChI=1S/C18H27NO2/c1-5-7-18(8-6-9-19-12-18)17(20)16-14(3)10-13(2)11-15(16)21-4/h10-11,19H,5-9,12H2,1-4H3. The number of methoxy groups -OCH3 is 1. The third-order valence-corrected chi connectivity index (χ3v) is 4.57. The second-order valence-electron chi connectivity index (χ2n) is 6.30. The van der Waals surface area contributed by atoms with Crippen molar-refractivity contribution in [3.63, 3.8) is 0 Å². The van der Waals surface area contributed by atoms with E-state index in [-0.39, 0.29) is 11.2 Å². The summed E-state index contributed by atoms with van der Waals surface area (Å²) in [6.45, 7) is 8.01. The number of aryl methyl sites for hydroxylation is 2. The Kier molecular flexibility index (Phi) is 5.04. The highest BCUT2D eigenvalue weighted by Crippen LogP contribution is 2.39. The van der Waals surface area contributed by atoms with Crippen LogP contribution in [0, 0.1) is 19.3 Å². The van der Waals surface area contributed by atoms with Gasteiger partial charge in [0.2, 0.25) is 0 Å². The molecule has 1 aromatic rings. The molecule has 0 amide bonds. The maximum atomic E-state index is 13.3. The summed E-state index contributed by atoms with van der Waals surface area (Å²) in [5, 5.41) is 3.42. The Morgan fingerprint density at radius 2 is 2.14 bits per heavy atom. The number of benzene rings is 1.